The molecule has 2 aromatic rings. The van der Waals surface area contributed by atoms with Gasteiger partial charge in [-0.25, -0.2) is 9.18 Å². The summed E-state index contributed by atoms with van der Waals surface area (Å²) in [5, 5.41) is 12.6. The summed E-state index contributed by atoms with van der Waals surface area (Å²) in [5.41, 5.74) is 6.91. The minimum atomic E-state index is -0.969. The number of halogens is 3. The Morgan fingerprint density at radius 1 is 1.59 bits per heavy atom. The van der Waals surface area contributed by atoms with Crippen LogP contribution in [0.25, 0.3) is 10.9 Å². The number of carbonyl (C=O) groups is 1. The van der Waals surface area contributed by atoms with Crippen molar-refractivity contribution in [3.63, 3.8) is 0 Å². The molecule has 0 atom stereocenters. The molecular weight excluding hydrogens is 379 g/mol. The van der Waals surface area contributed by atoms with Gasteiger partial charge in [0.05, 0.1) is 33.1 Å². The maximum atomic E-state index is 14.2. The lowest BCUT2D eigenvalue weighted by Gasteiger charge is -2.38. The zero-order valence-corrected chi connectivity index (χ0v) is 13.4. The number of hydrogen-bond acceptors (Lipinski definition) is 4. The fourth-order valence-corrected chi connectivity index (χ4v) is 2.84. The highest BCUT2D eigenvalue weighted by molar-refractivity contribution is 9.10. The van der Waals surface area contributed by atoms with E-state index in [2.05, 4.69) is 26.2 Å². The van der Waals surface area contributed by atoms with Crippen LogP contribution in [0.15, 0.2) is 16.7 Å². The topological polar surface area (TPSA) is 91.5 Å². The van der Waals surface area contributed by atoms with Gasteiger partial charge in [0.1, 0.15) is 5.52 Å². The lowest BCUT2D eigenvalue weighted by Crippen LogP contribution is -2.56. The van der Waals surface area contributed by atoms with Crippen LogP contribution in [0.3, 0.4) is 0 Å². The van der Waals surface area contributed by atoms with Crippen molar-refractivity contribution in [2.75, 3.05) is 24.1 Å². The molecule has 2 heterocycles. The third kappa shape index (κ3) is 2.42. The monoisotopic (exact) mass is 388 g/mol. The van der Waals surface area contributed by atoms with E-state index in [1.54, 1.807) is 6.07 Å². The van der Waals surface area contributed by atoms with Gasteiger partial charge in [0, 0.05) is 18.5 Å². The van der Waals surface area contributed by atoms with E-state index in [9.17, 15) is 9.18 Å². The molecule has 22 heavy (non-hydrogen) atoms. The van der Waals surface area contributed by atoms with Crippen LogP contribution in [0, 0.1) is 5.82 Å². The molecule has 0 aliphatic carbocycles. The summed E-state index contributed by atoms with van der Waals surface area (Å²) in [6, 6.07) is 1.48. The summed E-state index contributed by atoms with van der Waals surface area (Å²) in [4.78, 5) is 16.0. The van der Waals surface area contributed by atoms with Gasteiger partial charge in [0.2, 0.25) is 0 Å². The Labute approximate surface area is 138 Å². The summed E-state index contributed by atoms with van der Waals surface area (Å²) < 4.78 is 14.4. The summed E-state index contributed by atoms with van der Waals surface area (Å²) in [7, 11) is 0. The molecule has 9 heteroatoms. The Morgan fingerprint density at radius 2 is 2.27 bits per heavy atom. The van der Waals surface area contributed by atoms with Crippen molar-refractivity contribution in [1.29, 1.82) is 0 Å². The number of amides is 1. The van der Waals surface area contributed by atoms with Crippen molar-refractivity contribution < 1.29 is 14.3 Å². The number of nitrogens with two attached hydrogens (primary N) is 1. The molecule has 3 rings (SSSR count). The Morgan fingerprint density at radius 3 is 2.91 bits per heavy atom. The SMILES string of the molecule is Nc1cnc2c(F)c(Br)c(Cl)cc2c1NC1CN(C(=O)O)C1. The summed E-state index contributed by atoms with van der Waals surface area (Å²) in [6.07, 6.45) is 0.394. The van der Waals surface area contributed by atoms with Crippen molar-refractivity contribution in [3.05, 3.63) is 27.6 Å². The van der Waals surface area contributed by atoms with Crippen molar-refractivity contribution in [2.45, 2.75) is 6.04 Å². The lowest BCUT2D eigenvalue weighted by atomic mass is 10.1. The quantitative estimate of drug-likeness (QED) is 0.686. The first kappa shape index (κ1) is 15.1. The van der Waals surface area contributed by atoms with Gasteiger partial charge >= 0.3 is 6.09 Å². The number of nitrogen functional groups attached to an aromatic ring is 1. The number of hydrogen-bond donors (Lipinski definition) is 3. The molecule has 4 N–H and O–H groups in total. The summed E-state index contributed by atoms with van der Waals surface area (Å²) >= 11 is 9.07. The van der Waals surface area contributed by atoms with E-state index >= 15 is 0 Å². The molecule has 0 radical (unpaired) electrons. The van der Waals surface area contributed by atoms with Crippen molar-refractivity contribution in [1.82, 2.24) is 9.88 Å². The zero-order chi connectivity index (χ0) is 16.0. The Kier molecular flexibility index (Phi) is 3.73. The molecule has 0 unspecified atom stereocenters. The highest BCUT2D eigenvalue weighted by Gasteiger charge is 2.31. The minimum Gasteiger partial charge on any atom is -0.465 e. The van der Waals surface area contributed by atoms with Gasteiger partial charge in [-0.1, -0.05) is 11.6 Å². The second kappa shape index (κ2) is 5.44. The molecule has 1 aliphatic rings. The first-order valence-corrected chi connectivity index (χ1v) is 7.51. The van der Waals surface area contributed by atoms with Gasteiger partial charge in [-0.15, -0.1) is 0 Å². The molecule has 0 bridgehead atoms. The van der Waals surface area contributed by atoms with Crippen LogP contribution in [0.4, 0.5) is 20.6 Å². The van der Waals surface area contributed by atoms with Crippen LogP contribution in [-0.2, 0) is 0 Å². The number of fused-ring (bicyclic) bond motifs is 1. The van der Waals surface area contributed by atoms with Crippen molar-refractivity contribution in [3.8, 4) is 0 Å². The maximum Gasteiger partial charge on any atom is 0.407 e. The van der Waals surface area contributed by atoms with Crippen LogP contribution in [0.2, 0.25) is 5.02 Å². The zero-order valence-electron chi connectivity index (χ0n) is 11.1. The molecule has 1 aromatic carbocycles. The highest BCUT2D eigenvalue weighted by atomic mass is 79.9. The number of benzene rings is 1. The number of anilines is 2. The van der Waals surface area contributed by atoms with E-state index < -0.39 is 11.9 Å². The van der Waals surface area contributed by atoms with Gasteiger partial charge in [0.15, 0.2) is 5.82 Å². The van der Waals surface area contributed by atoms with Crippen molar-refractivity contribution in [2.24, 2.45) is 0 Å². The lowest BCUT2D eigenvalue weighted by molar-refractivity contribution is 0.111. The second-order valence-electron chi connectivity index (χ2n) is 5.00. The first-order valence-electron chi connectivity index (χ1n) is 6.34. The van der Waals surface area contributed by atoms with Crippen LogP contribution in [0.1, 0.15) is 0 Å². The maximum absolute atomic E-state index is 14.2. The third-order valence-electron chi connectivity index (χ3n) is 3.53. The molecule has 6 nitrogen and oxygen atoms in total. The van der Waals surface area contributed by atoms with Crippen LogP contribution >= 0.6 is 27.5 Å². The molecule has 1 fully saturated rings. The number of pyridine rings is 1. The van der Waals surface area contributed by atoms with Gasteiger partial charge < -0.3 is 21.1 Å². The highest BCUT2D eigenvalue weighted by Crippen LogP contribution is 2.37. The Hall–Kier alpha value is -1.80. The average Bonchev–Trinajstić information content (AvgIpc) is 2.41. The number of aromatic nitrogens is 1. The normalized spacial score (nSPS) is 15.0. The predicted octanol–water partition coefficient (Wildman–Crippen LogP) is 3.15. The van der Waals surface area contributed by atoms with E-state index in [1.807, 2.05) is 0 Å². The molecule has 1 aromatic heterocycles. The van der Waals surface area contributed by atoms with Crippen LogP contribution in [-0.4, -0.2) is 40.2 Å². The molecule has 1 saturated heterocycles. The van der Waals surface area contributed by atoms with Crippen LogP contribution < -0.4 is 11.1 Å². The largest absolute Gasteiger partial charge is 0.465 e. The number of carboxylic acid groups (broad SMARTS) is 1. The van der Waals surface area contributed by atoms with E-state index in [-0.39, 0.29) is 21.1 Å². The van der Waals surface area contributed by atoms with Gasteiger partial charge in [-0.2, -0.15) is 0 Å². The molecule has 116 valence electrons. The van der Waals surface area contributed by atoms with E-state index in [0.717, 1.165) is 0 Å². The minimum absolute atomic E-state index is 0.0884. The van der Waals surface area contributed by atoms with Crippen LogP contribution in [0.5, 0.6) is 0 Å². The molecule has 0 spiro atoms. The Bertz CT molecular complexity index is 782. The van der Waals surface area contributed by atoms with Gasteiger partial charge in [-0.05, 0) is 22.0 Å². The molecule has 1 aliphatic heterocycles. The second-order valence-corrected chi connectivity index (χ2v) is 6.20. The van der Waals surface area contributed by atoms with Gasteiger partial charge in [0.25, 0.3) is 0 Å². The third-order valence-corrected chi connectivity index (χ3v) is 4.83. The van der Waals surface area contributed by atoms with E-state index in [1.165, 1.54) is 11.1 Å². The van der Waals surface area contributed by atoms with Crippen molar-refractivity contribution >= 4 is 55.9 Å². The molecular formula is C13H11BrClFN4O2. The standard InChI is InChI=1S/C13H11BrClFN4O2/c14-9-7(15)1-6-11(8(17)2-18-12(6)10(9)16)19-5-3-20(4-5)13(21)22/h1-2,5H,3-4,17H2,(H,18,19)(H,21,22). The van der Waals surface area contributed by atoms with Gasteiger partial charge in [-0.3, -0.25) is 4.98 Å². The average molecular weight is 390 g/mol. The number of likely N-dealkylation sites (tertiary alicyclic amines) is 1. The number of nitrogens with one attached hydrogen (secondary N) is 1. The van der Waals surface area contributed by atoms with E-state index in [4.69, 9.17) is 22.4 Å². The molecule has 0 saturated carbocycles. The molecule has 1 amide bonds. The summed E-state index contributed by atoms with van der Waals surface area (Å²) in [6.45, 7) is 0.677. The smallest absolute Gasteiger partial charge is 0.407 e. The predicted molar refractivity (Wildman–Crippen MR) is 85.8 cm³/mol. The summed E-state index contributed by atoms with van der Waals surface area (Å²) in [5.74, 6) is -0.564. The fraction of sp³-hybridized carbons (Fsp3) is 0.231. The Balaban J connectivity index is 1.99. The fourth-order valence-electron chi connectivity index (χ4n) is 2.35. The van der Waals surface area contributed by atoms with E-state index in [0.29, 0.717) is 29.9 Å². The number of nitrogens with zero attached hydrogens (tertiary/aromatic N) is 2. The number of rotatable bonds is 2. The first-order chi connectivity index (χ1) is 10.4.